The fourth-order valence-electron chi connectivity index (χ4n) is 1.52. The van der Waals surface area contributed by atoms with Crippen LogP contribution in [-0.2, 0) is 4.79 Å². The smallest absolute Gasteiger partial charge is 0.306 e. The summed E-state index contributed by atoms with van der Waals surface area (Å²) in [5, 5.41) is 0.114. The molecule has 1 aromatic carbocycles. The number of benzene rings is 1. The SMILES string of the molecule is CC(=O)SCCC#Cc1ccc2[nH]c(=O)[nH]c2c1. The molecule has 92 valence electrons. The van der Waals surface area contributed by atoms with E-state index in [1.54, 1.807) is 6.92 Å². The number of carbonyl (C=O) groups excluding carboxylic acids is 1. The summed E-state index contributed by atoms with van der Waals surface area (Å²) in [7, 11) is 0. The molecule has 5 heteroatoms. The predicted molar refractivity (Wildman–Crippen MR) is 73.6 cm³/mol. The summed E-state index contributed by atoms with van der Waals surface area (Å²) in [5.41, 5.74) is 2.17. The summed E-state index contributed by atoms with van der Waals surface area (Å²) >= 11 is 1.28. The normalized spacial score (nSPS) is 10.1. The lowest BCUT2D eigenvalue weighted by molar-refractivity contribution is -0.109. The van der Waals surface area contributed by atoms with Crippen molar-refractivity contribution in [2.75, 3.05) is 5.75 Å². The third-order valence-electron chi connectivity index (χ3n) is 2.28. The Morgan fingerprint density at radius 3 is 2.89 bits per heavy atom. The molecule has 0 aliphatic heterocycles. The van der Waals surface area contributed by atoms with Crippen LogP contribution in [0.1, 0.15) is 18.9 Å². The zero-order chi connectivity index (χ0) is 13.0. The first-order valence-electron chi connectivity index (χ1n) is 5.49. The van der Waals surface area contributed by atoms with Crippen molar-refractivity contribution >= 4 is 27.9 Å². The maximum atomic E-state index is 11.1. The second-order valence-electron chi connectivity index (χ2n) is 3.73. The third-order valence-corrected chi connectivity index (χ3v) is 3.10. The number of aromatic nitrogens is 2. The van der Waals surface area contributed by atoms with Gasteiger partial charge in [-0.1, -0.05) is 23.6 Å². The number of hydrogen-bond acceptors (Lipinski definition) is 3. The summed E-state index contributed by atoms with van der Waals surface area (Å²) in [6.45, 7) is 1.55. The van der Waals surface area contributed by atoms with Crippen LogP contribution in [0.15, 0.2) is 23.0 Å². The van der Waals surface area contributed by atoms with Gasteiger partial charge in [0.05, 0.1) is 11.0 Å². The fourth-order valence-corrected chi connectivity index (χ4v) is 2.01. The summed E-state index contributed by atoms with van der Waals surface area (Å²) in [5.74, 6) is 6.73. The summed E-state index contributed by atoms with van der Waals surface area (Å²) < 4.78 is 0. The van der Waals surface area contributed by atoms with Gasteiger partial charge in [-0.05, 0) is 18.2 Å². The molecule has 4 nitrogen and oxygen atoms in total. The van der Waals surface area contributed by atoms with Crippen molar-refractivity contribution in [3.63, 3.8) is 0 Å². The fraction of sp³-hybridized carbons (Fsp3) is 0.231. The highest BCUT2D eigenvalue weighted by molar-refractivity contribution is 8.13. The minimum Gasteiger partial charge on any atom is -0.306 e. The van der Waals surface area contributed by atoms with Crippen LogP contribution in [0.4, 0.5) is 0 Å². The van der Waals surface area contributed by atoms with Gasteiger partial charge in [-0.25, -0.2) is 4.79 Å². The first-order chi connectivity index (χ1) is 8.65. The van der Waals surface area contributed by atoms with Gasteiger partial charge in [-0.15, -0.1) is 0 Å². The zero-order valence-corrected chi connectivity index (χ0v) is 10.7. The van der Waals surface area contributed by atoms with Crippen LogP contribution in [0.3, 0.4) is 0 Å². The van der Waals surface area contributed by atoms with Crippen LogP contribution in [0.25, 0.3) is 11.0 Å². The molecule has 0 aliphatic rings. The van der Waals surface area contributed by atoms with E-state index >= 15 is 0 Å². The van der Waals surface area contributed by atoms with Crippen molar-refractivity contribution in [2.45, 2.75) is 13.3 Å². The minimum atomic E-state index is -0.215. The van der Waals surface area contributed by atoms with E-state index in [-0.39, 0.29) is 10.8 Å². The molecule has 0 fully saturated rings. The Hall–Kier alpha value is -1.93. The molecule has 0 radical (unpaired) electrons. The van der Waals surface area contributed by atoms with E-state index in [9.17, 15) is 9.59 Å². The Kier molecular flexibility index (Phi) is 3.90. The van der Waals surface area contributed by atoms with Gasteiger partial charge in [0.2, 0.25) is 0 Å². The molecular formula is C13H12N2O2S. The van der Waals surface area contributed by atoms with Crippen molar-refractivity contribution in [2.24, 2.45) is 0 Å². The average molecular weight is 260 g/mol. The average Bonchev–Trinajstić information content (AvgIpc) is 2.67. The first kappa shape index (κ1) is 12.5. The topological polar surface area (TPSA) is 65.7 Å². The summed E-state index contributed by atoms with van der Waals surface area (Å²) in [6.07, 6.45) is 0.673. The number of rotatable bonds is 2. The highest BCUT2D eigenvalue weighted by atomic mass is 32.2. The van der Waals surface area contributed by atoms with Gasteiger partial charge >= 0.3 is 5.69 Å². The molecule has 2 rings (SSSR count). The molecule has 2 aromatic rings. The molecule has 0 saturated carbocycles. The number of carbonyl (C=O) groups is 1. The maximum absolute atomic E-state index is 11.1. The van der Waals surface area contributed by atoms with Gasteiger partial charge < -0.3 is 9.97 Å². The van der Waals surface area contributed by atoms with E-state index in [4.69, 9.17) is 0 Å². The Morgan fingerprint density at radius 2 is 2.11 bits per heavy atom. The van der Waals surface area contributed by atoms with E-state index < -0.39 is 0 Å². The van der Waals surface area contributed by atoms with Crippen LogP contribution in [-0.4, -0.2) is 20.8 Å². The number of nitrogens with one attached hydrogen (secondary N) is 2. The zero-order valence-electron chi connectivity index (χ0n) is 9.87. The lowest BCUT2D eigenvalue weighted by Crippen LogP contribution is -1.99. The molecule has 0 saturated heterocycles. The van der Waals surface area contributed by atoms with Crippen LogP contribution in [0.5, 0.6) is 0 Å². The van der Waals surface area contributed by atoms with Gasteiger partial charge in [-0.3, -0.25) is 4.79 Å². The second kappa shape index (κ2) is 5.61. The monoisotopic (exact) mass is 260 g/mol. The van der Waals surface area contributed by atoms with E-state index in [1.807, 2.05) is 18.2 Å². The lowest BCUT2D eigenvalue weighted by Gasteiger charge is -1.91. The molecule has 0 spiro atoms. The maximum Gasteiger partial charge on any atom is 0.323 e. The Labute approximate surface area is 108 Å². The minimum absolute atomic E-state index is 0.114. The molecular weight excluding hydrogens is 248 g/mol. The molecule has 0 aliphatic carbocycles. The highest BCUT2D eigenvalue weighted by Gasteiger charge is 1.97. The highest BCUT2D eigenvalue weighted by Crippen LogP contribution is 2.09. The standard InChI is InChI=1S/C13H12N2O2S/c1-9(16)18-7-3-2-4-10-5-6-11-12(8-10)15-13(17)14-11/h5-6,8H,3,7H2,1H3,(H2,14,15,17). The van der Waals surface area contributed by atoms with Gasteiger partial charge in [0.25, 0.3) is 0 Å². The van der Waals surface area contributed by atoms with Crippen molar-refractivity contribution in [3.8, 4) is 11.8 Å². The van der Waals surface area contributed by atoms with Crippen LogP contribution in [0, 0.1) is 11.8 Å². The van der Waals surface area contributed by atoms with Crippen LogP contribution >= 0.6 is 11.8 Å². The van der Waals surface area contributed by atoms with Gasteiger partial charge in [0, 0.05) is 24.7 Å². The van der Waals surface area contributed by atoms with E-state index in [2.05, 4.69) is 21.8 Å². The number of aromatic amines is 2. The predicted octanol–water partition coefficient (Wildman–Crippen LogP) is 1.88. The van der Waals surface area contributed by atoms with E-state index in [1.165, 1.54) is 11.8 Å². The number of H-pyrrole nitrogens is 2. The molecule has 0 unspecified atom stereocenters. The lowest BCUT2D eigenvalue weighted by atomic mass is 10.2. The third kappa shape index (κ3) is 3.28. The van der Waals surface area contributed by atoms with Gasteiger partial charge in [0.15, 0.2) is 5.12 Å². The van der Waals surface area contributed by atoms with Crippen molar-refractivity contribution in [3.05, 3.63) is 34.2 Å². The van der Waals surface area contributed by atoms with Crippen molar-refractivity contribution in [1.82, 2.24) is 9.97 Å². The quantitative estimate of drug-likeness (QED) is 0.640. The van der Waals surface area contributed by atoms with Gasteiger partial charge in [0.1, 0.15) is 0 Å². The summed E-state index contributed by atoms with van der Waals surface area (Å²) in [6, 6.07) is 5.51. The van der Waals surface area contributed by atoms with E-state index in [0.29, 0.717) is 12.2 Å². The van der Waals surface area contributed by atoms with Gasteiger partial charge in [-0.2, -0.15) is 0 Å². The number of fused-ring (bicyclic) bond motifs is 1. The summed E-state index contributed by atoms with van der Waals surface area (Å²) in [4.78, 5) is 27.1. The molecule has 2 N–H and O–H groups in total. The molecule has 1 aromatic heterocycles. The van der Waals surface area contributed by atoms with E-state index in [0.717, 1.165) is 16.6 Å². The second-order valence-corrected chi connectivity index (χ2v) is 5.00. The van der Waals surface area contributed by atoms with Crippen molar-refractivity contribution in [1.29, 1.82) is 0 Å². The Balaban J connectivity index is 2.05. The Bertz CT molecular complexity index is 688. The first-order valence-corrected chi connectivity index (χ1v) is 6.48. The van der Waals surface area contributed by atoms with Crippen LogP contribution in [0.2, 0.25) is 0 Å². The van der Waals surface area contributed by atoms with Crippen LogP contribution < -0.4 is 5.69 Å². The largest absolute Gasteiger partial charge is 0.323 e. The molecule has 0 atom stereocenters. The molecule has 0 bridgehead atoms. The Morgan fingerprint density at radius 1 is 1.33 bits per heavy atom. The number of thioether (sulfide) groups is 1. The number of hydrogen-bond donors (Lipinski definition) is 2. The molecule has 18 heavy (non-hydrogen) atoms. The van der Waals surface area contributed by atoms with Crippen molar-refractivity contribution < 1.29 is 4.79 Å². The molecule has 1 heterocycles. The number of imidazole rings is 1. The molecule has 0 amide bonds.